The van der Waals surface area contributed by atoms with Gasteiger partial charge in [-0.25, -0.2) is 0 Å². The van der Waals surface area contributed by atoms with Gasteiger partial charge in [0.2, 0.25) is 11.8 Å². The Labute approximate surface area is 152 Å². The lowest BCUT2D eigenvalue weighted by molar-refractivity contribution is -0.130. The second-order valence-electron chi connectivity index (χ2n) is 5.73. The van der Waals surface area contributed by atoms with E-state index >= 15 is 0 Å². The van der Waals surface area contributed by atoms with Gasteiger partial charge in [0.1, 0.15) is 0 Å². The highest BCUT2D eigenvalue weighted by Gasteiger charge is 2.22. The second kappa shape index (κ2) is 9.91. The number of halogens is 1. The summed E-state index contributed by atoms with van der Waals surface area (Å²) in [4.78, 5) is 27.8. The van der Waals surface area contributed by atoms with Gasteiger partial charge in [-0.1, -0.05) is 23.7 Å². The summed E-state index contributed by atoms with van der Waals surface area (Å²) in [6.45, 7) is 5.88. The van der Waals surface area contributed by atoms with Crippen LogP contribution >= 0.6 is 23.4 Å². The standard InChI is InChI=1S/C17H24ClN3O2S/c1-2-19-16(22)11-20-7-9-21(10-8-20)17(23)13-24-12-14-3-5-15(18)6-4-14/h3-6H,2,7-13H2,1H3,(H,19,22). The van der Waals surface area contributed by atoms with E-state index in [9.17, 15) is 9.59 Å². The Bertz CT molecular complexity index is 545. The number of hydrogen-bond donors (Lipinski definition) is 1. The molecule has 0 atom stereocenters. The van der Waals surface area contributed by atoms with Crippen molar-refractivity contribution in [3.8, 4) is 0 Å². The third-order valence-electron chi connectivity index (χ3n) is 3.87. The molecule has 1 aliphatic heterocycles. The van der Waals surface area contributed by atoms with Crippen molar-refractivity contribution < 1.29 is 9.59 Å². The number of likely N-dealkylation sites (N-methyl/N-ethyl adjacent to an activating group) is 1. The number of piperazine rings is 1. The first-order valence-electron chi connectivity index (χ1n) is 8.17. The molecule has 24 heavy (non-hydrogen) atoms. The molecule has 1 aliphatic rings. The summed E-state index contributed by atoms with van der Waals surface area (Å²) >= 11 is 7.48. The van der Waals surface area contributed by atoms with Crippen molar-refractivity contribution in [1.29, 1.82) is 0 Å². The zero-order chi connectivity index (χ0) is 17.4. The average Bonchev–Trinajstić information content (AvgIpc) is 2.57. The molecule has 1 saturated heterocycles. The molecule has 0 spiro atoms. The summed E-state index contributed by atoms with van der Waals surface area (Å²) in [7, 11) is 0. The fourth-order valence-electron chi connectivity index (χ4n) is 2.54. The summed E-state index contributed by atoms with van der Waals surface area (Å²) in [5, 5.41) is 3.53. The molecule has 1 aromatic rings. The smallest absolute Gasteiger partial charge is 0.234 e. The predicted molar refractivity (Wildman–Crippen MR) is 99.3 cm³/mol. The molecule has 1 N–H and O–H groups in total. The highest BCUT2D eigenvalue weighted by atomic mass is 35.5. The lowest BCUT2D eigenvalue weighted by Crippen LogP contribution is -2.51. The molecule has 0 unspecified atom stereocenters. The van der Waals surface area contributed by atoms with Crippen LogP contribution in [0.1, 0.15) is 12.5 Å². The van der Waals surface area contributed by atoms with Gasteiger partial charge >= 0.3 is 0 Å². The Kier molecular flexibility index (Phi) is 7.88. The molecular weight excluding hydrogens is 346 g/mol. The molecule has 1 fully saturated rings. The van der Waals surface area contributed by atoms with Crippen LogP contribution in [0.4, 0.5) is 0 Å². The molecular formula is C17H24ClN3O2S. The maximum Gasteiger partial charge on any atom is 0.234 e. The molecule has 5 nitrogen and oxygen atoms in total. The molecule has 0 saturated carbocycles. The highest BCUT2D eigenvalue weighted by molar-refractivity contribution is 7.99. The number of benzene rings is 1. The topological polar surface area (TPSA) is 52.7 Å². The summed E-state index contributed by atoms with van der Waals surface area (Å²) in [5.74, 6) is 1.52. The number of nitrogens with zero attached hydrogens (tertiary/aromatic N) is 2. The van der Waals surface area contributed by atoms with E-state index in [-0.39, 0.29) is 11.8 Å². The number of rotatable bonds is 7. The van der Waals surface area contributed by atoms with Crippen LogP contribution in [0.15, 0.2) is 24.3 Å². The SMILES string of the molecule is CCNC(=O)CN1CCN(C(=O)CSCc2ccc(Cl)cc2)CC1. The van der Waals surface area contributed by atoms with Crippen LogP contribution in [0.3, 0.4) is 0 Å². The number of carbonyl (C=O) groups is 2. The van der Waals surface area contributed by atoms with Crippen LogP contribution in [-0.2, 0) is 15.3 Å². The molecule has 0 aliphatic carbocycles. The van der Waals surface area contributed by atoms with Gasteiger partial charge in [-0.3, -0.25) is 14.5 Å². The van der Waals surface area contributed by atoms with Crippen LogP contribution < -0.4 is 5.32 Å². The molecule has 7 heteroatoms. The molecule has 0 bridgehead atoms. The van der Waals surface area contributed by atoms with E-state index < -0.39 is 0 Å². The minimum absolute atomic E-state index is 0.0517. The van der Waals surface area contributed by atoms with E-state index in [1.54, 1.807) is 11.8 Å². The van der Waals surface area contributed by atoms with Gasteiger partial charge in [0, 0.05) is 43.5 Å². The summed E-state index contributed by atoms with van der Waals surface area (Å²) in [6, 6.07) is 7.71. The van der Waals surface area contributed by atoms with Crippen molar-refractivity contribution in [3.05, 3.63) is 34.9 Å². The van der Waals surface area contributed by atoms with Crippen molar-refractivity contribution in [3.63, 3.8) is 0 Å². The molecule has 2 amide bonds. The van der Waals surface area contributed by atoms with E-state index in [0.29, 0.717) is 31.9 Å². The van der Waals surface area contributed by atoms with Crippen LogP contribution in [0, 0.1) is 0 Å². The average molecular weight is 370 g/mol. The van der Waals surface area contributed by atoms with Crippen molar-refractivity contribution in [2.24, 2.45) is 0 Å². The van der Waals surface area contributed by atoms with Gasteiger partial charge in [0.25, 0.3) is 0 Å². The zero-order valence-electron chi connectivity index (χ0n) is 14.0. The van der Waals surface area contributed by atoms with Crippen molar-refractivity contribution in [2.45, 2.75) is 12.7 Å². The van der Waals surface area contributed by atoms with Gasteiger partial charge in [0.05, 0.1) is 12.3 Å². The quantitative estimate of drug-likeness (QED) is 0.797. The van der Waals surface area contributed by atoms with Gasteiger partial charge in [-0.05, 0) is 24.6 Å². The first kappa shape index (κ1) is 19.1. The Hall–Kier alpha value is -1.24. The summed E-state index contributed by atoms with van der Waals surface area (Å²) in [5.41, 5.74) is 1.17. The molecule has 1 heterocycles. The maximum absolute atomic E-state index is 12.3. The van der Waals surface area contributed by atoms with Gasteiger partial charge in [-0.15, -0.1) is 11.8 Å². The molecule has 0 aromatic heterocycles. The lowest BCUT2D eigenvalue weighted by atomic mass is 10.2. The first-order chi connectivity index (χ1) is 11.6. The third-order valence-corrected chi connectivity index (χ3v) is 5.11. The summed E-state index contributed by atoms with van der Waals surface area (Å²) in [6.07, 6.45) is 0. The Morgan fingerprint density at radius 1 is 1.17 bits per heavy atom. The number of hydrogen-bond acceptors (Lipinski definition) is 4. The zero-order valence-corrected chi connectivity index (χ0v) is 15.5. The second-order valence-corrected chi connectivity index (χ2v) is 7.15. The van der Waals surface area contributed by atoms with E-state index in [4.69, 9.17) is 11.6 Å². The number of carbonyl (C=O) groups excluding carboxylic acids is 2. The van der Waals surface area contributed by atoms with Crippen molar-refractivity contribution >= 4 is 35.2 Å². The minimum atomic E-state index is 0.0517. The molecule has 132 valence electrons. The number of amides is 2. The first-order valence-corrected chi connectivity index (χ1v) is 9.70. The largest absolute Gasteiger partial charge is 0.355 e. The Balaban J connectivity index is 1.65. The number of thioether (sulfide) groups is 1. The van der Waals surface area contributed by atoms with E-state index in [0.717, 1.165) is 23.9 Å². The monoisotopic (exact) mass is 369 g/mol. The van der Waals surface area contributed by atoms with E-state index in [1.165, 1.54) is 5.56 Å². The molecule has 2 rings (SSSR count). The fourth-order valence-corrected chi connectivity index (χ4v) is 3.55. The fraction of sp³-hybridized carbons (Fsp3) is 0.529. The Morgan fingerprint density at radius 2 is 1.83 bits per heavy atom. The van der Waals surface area contributed by atoms with Gasteiger partial charge < -0.3 is 10.2 Å². The normalized spacial score (nSPS) is 15.3. The van der Waals surface area contributed by atoms with Crippen LogP contribution in [0.5, 0.6) is 0 Å². The number of nitrogens with one attached hydrogen (secondary N) is 1. The van der Waals surface area contributed by atoms with Crippen molar-refractivity contribution in [2.75, 3.05) is 45.0 Å². The van der Waals surface area contributed by atoms with Crippen LogP contribution in [0.25, 0.3) is 0 Å². The predicted octanol–water partition coefficient (Wildman–Crippen LogP) is 1.85. The van der Waals surface area contributed by atoms with E-state index in [1.807, 2.05) is 36.1 Å². The highest BCUT2D eigenvalue weighted by Crippen LogP contribution is 2.16. The van der Waals surface area contributed by atoms with Crippen LogP contribution in [-0.4, -0.2) is 66.6 Å². The van der Waals surface area contributed by atoms with Crippen LogP contribution in [0.2, 0.25) is 5.02 Å². The van der Waals surface area contributed by atoms with Crippen molar-refractivity contribution in [1.82, 2.24) is 15.1 Å². The maximum atomic E-state index is 12.3. The Morgan fingerprint density at radius 3 is 2.46 bits per heavy atom. The lowest BCUT2D eigenvalue weighted by Gasteiger charge is -2.34. The third kappa shape index (κ3) is 6.34. The molecule has 0 radical (unpaired) electrons. The summed E-state index contributed by atoms with van der Waals surface area (Å²) < 4.78 is 0. The minimum Gasteiger partial charge on any atom is -0.355 e. The molecule has 1 aromatic carbocycles. The van der Waals surface area contributed by atoms with Gasteiger partial charge in [0.15, 0.2) is 0 Å². The van der Waals surface area contributed by atoms with Gasteiger partial charge in [-0.2, -0.15) is 0 Å². The van der Waals surface area contributed by atoms with E-state index in [2.05, 4.69) is 10.2 Å².